The largest absolute Gasteiger partial charge is 0.494 e. The number of para-hydroxylation sites is 1. The first-order valence-electron chi connectivity index (χ1n) is 12.4. The zero-order valence-electron chi connectivity index (χ0n) is 22.5. The summed E-state index contributed by atoms with van der Waals surface area (Å²) in [5.74, 6) is 0.923. The average Bonchev–Trinajstić information content (AvgIpc) is 3.27. The second kappa shape index (κ2) is 12.4. The minimum absolute atomic E-state index is 0.157. The third-order valence-electron chi connectivity index (χ3n) is 5.69. The fourth-order valence-corrected chi connectivity index (χ4v) is 3.63. The molecule has 1 aromatic heterocycles. The van der Waals surface area contributed by atoms with Crippen molar-refractivity contribution in [1.82, 2.24) is 14.7 Å². The molecule has 9 nitrogen and oxygen atoms in total. The Morgan fingerprint density at radius 1 is 1.05 bits per heavy atom. The summed E-state index contributed by atoms with van der Waals surface area (Å²) in [5, 5.41) is 10.6. The van der Waals surface area contributed by atoms with Crippen LogP contribution in [0, 0.1) is 6.92 Å². The normalized spacial score (nSPS) is 11.2. The number of nitrogens with one attached hydrogen (secondary N) is 2. The van der Waals surface area contributed by atoms with Crippen LogP contribution >= 0.6 is 0 Å². The van der Waals surface area contributed by atoms with Gasteiger partial charge in [-0.1, -0.05) is 39.0 Å². The van der Waals surface area contributed by atoms with E-state index >= 15 is 0 Å². The van der Waals surface area contributed by atoms with Gasteiger partial charge in [0.15, 0.2) is 0 Å². The van der Waals surface area contributed by atoms with Gasteiger partial charge in [-0.3, -0.25) is 4.79 Å². The van der Waals surface area contributed by atoms with E-state index in [9.17, 15) is 9.59 Å². The Kier molecular flexibility index (Phi) is 9.30. The van der Waals surface area contributed by atoms with Crippen LogP contribution in [0.25, 0.3) is 5.69 Å². The molecule has 0 saturated carbocycles. The lowest BCUT2D eigenvalue weighted by Gasteiger charge is -2.22. The van der Waals surface area contributed by atoms with Crippen LogP contribution in [0.1, 0.15) is 39.0 Å². The highest BCUT2D eigenvalue weighted by molar-refractivity contribution is 5.96. The number of benzene rings is 2. The van der Waals surface area contributed by atoms with E-state index in [1.165, 1.54) is 4.90 Å². The quantitative estimate of drug-likeness (QED) is 0.403. The number of aryl methyl sites for hydroxylation is 1. The van der Waals surface area contributed by atoms with Crippen LogP contribution in [0.5, 0.6) is 5.75 Å². The molecule has 9 heteroatoms. The van der Waals surface area contributed by atoms with Crippen LogP contribution in [0.4, 0.5) is 16.3 Å². The monoisotopic (exact) mass is 507 g/mol. The third kappa shape index (κ3) is 7.57. The standard InChI is InChI=1S/C28H37N5O4/c1-7-37-22-14-12-21(13-15-22)29-27(35)32(16-17-36-6)19-26(34)30-25-18-24(28(3,4)5)31-33(25)23-11-9-8-10-20(23)2/h8-15,18H,7,16-17,19H2,1-6H3,(H,29,35)(H,30,34). The summed E-state index contributed by atoms with van der Waals surface area (Å²) in [7, 11) is 1.55. The van der Waals surface area contributed by atoms with E-state index in [4.69, 9.17) is 14.6 Å². The maximum Gasteiger partial charge on any atom is 0.322 e. The molecule has 2 N–H and O–H groups in total. The fraction of sp³-hybridized carbons (Fsp3) is 0.393. The molecule has 0 saturated heterocycles. The second-order valence-electron chi connectivity index (χ2n) is 9.71. The zero-order chi connectivity index (χ0) is 27.0. The van der Waals surface area contributed by atoms with Gasteiger partial charge in [0.05, 0.1) is 24.6 Å². The number of aromatic nitrogens is 2. The number of nitrogens with zero attached hydrogens (tertiary/aromatic N) is 3. The third-order valence-corrected chi connectivity index (χ3v) is 5.69. The van der Waals surface area contributed by atoms with Crippen molar-refractivity contribution in [2.45, 2.75) is 40.0 Å². The van der Waals surface area contributed by atoms with E-state index in [1.54, 1.807) is 36.1 Å². The summed E-state index contributed by atoms with van der Waals surface area (Å²) in [5.41, 5.74) is 3.13. The van der Waals surface area contributed by atoms with E-state index in [1.807, 2.05) is 44.2 Å². The van der Waals surface area contributed by atoms with Crippen molar-refractivity contribution in [2.75, 3.05) is 44.0 Å². The molecule has 0 spiro atoms. The predicted octanol–water partition coefficient (Wildman–Crippen LogP) is 5.00. The molecule has 1 heterocycles. The second-order valence-corrected chi connectivity index (χ2v) is 9.71. The lowest BCUT2D eigenvalue weighted by atomic mass is 9.92. The lowest BCUT2D eigenvalue weighted by molar-refractivity contribution is -0.116. The summed E-state index contributed by atoms with van der Waals surface area (Å²) >= 11 is 0. The Morgan fingerprint density at radius 3 is 2.38 bits per heavy atom. The number of carbonyl (C=O) groups is 2. The van der Waals surface area contributed by atoms with Gasteiger partial charge in [-0.25, -0.2) is 9.48 Å². The first-order valence-corrected chi connectivity index (χ1v) is 12.4. The van der Waals surface area contributed by atoms with Crippen LogP contribution in [0.3, 0.4) is 0 Å². The minimum Gasteiger partial charge on any atom is -0.494 e. The number of amides is 3. The molecule has 0 aliphatic rings. The first kappa shape index (κ1) is 27.7. The lowest BCUT2D eigenvalue weighted by Crippen LogP contribution is -2.42. The Hall–Kier alpha value is -3.85. The minimum atomic E-state index is -0.404. The van der Waals surface area contributed by atoms with E-state index in [0.29, 0.717) is 24.7 Å². The molecule has 0 aliphatic heterocycles. The van der Waals surface area contributed by atoms with E-state index in [2.05, 4.69) is 31.4 Å². The van der Waals surface area contributed by atoms with E-state index in [0.717, 1.165) is 22.7 Å². The molecular formula is C28H37N5O4. The van der Waals surface area contributed by atoms with Gasteiger partial charge >= 0.3 is 6.03 Å². The number of rotatable bonds is 10. The summed E-state index contributed by atoms with van der Waals surface area (Å²) in [6, 6.07) is 16.4. The Morgan fingerprint density at radius 2 is 1.76 bits per heavy atom. The molecule has 3 rings (SSSR count). The predicted molar refractivity (Wildman–Crippen MR) is 146 cm³/mol. The van der Waals surface area contributed by atoms with Crippen molar-refractivity contribution >= 4 is 23.4 Å². The SMILES string of the molecule is CCOc1ccc(NC(=O)N(CCOC)CC(=O)Nc2cc(C(C)(C)C)nn2-c2ccccc2C)cc1. The highest BCUT2D eigenvalue weighted by atomic mass is 16.5. The van der Waals surface area contributed by atoms with Crippen molar-refractivity contribution in [2.24, 2.45) is 0 Å². The van der Waals surface area contributed by atoms with E-state index < -0.39 is 6.03 Å². The number of carbonyl (C=O) groups excluding carboxylic acids is 2. The Labute approximate surface area is 218 Å². The molecule has 3 amide bonds. The van der Waals surface area contributed by atoms with Gasteiger partial charge in [-0.15, -0.1) is 0 Å². The number of methoxy groups -OCH3 is 1. The fourth-order valence-electron chi connectivity index (χ4n) is 3.63. The number of anilines is 2. The number of hydrogen-bond acceptors (Lipinski definition) is 5. The highest BCUT2D eigenvalue weighted by Crippen LogP contribution is 2.27. The van der Waals surface area contributed by atoms with Gasteiger partial charge in [-0.2, -0.15) is 5.10 Å². The molecular weight excluding hydrogens is 470 g/mol. The summed E-state index contributed by atoms with van der Waals surface area (Å²) in [6.07, 6.45) is 0. The number of hydrogen-bond donors (Lipinski definition) is 2. The van der Waals surface area contributed by atoms with Crippen LogP contribution in [-0.2, 0) is 14.9 Å². The van der Waals surface area contributed by atoms with E-state index in [-0.39, 0.29) is 24.4 Å². The highest BCUT2D eigenvalue weighted by Gasteiger charge is 2.23. The zero-order valence-corrected chi connectivity index (χ0v) is 22.5. The Balaban J connectivity index is 1.78. The molecule has 0 radical (unpaired) electrons. The van der Waals surface area contributed by atoms with Gasteiger partial charge in [-0.05, 0) is 49.7 Å². The van der Waals surface area contributed by atoms with Gasteiger partial charge in [0.2, 0.25) is 5.91 Å². The van der Waals surface area contributed by atoms with Crippen LogP contribution in [0.2, 0.25) is 0 Å². The van der Waals surface area contributed by atoms with Crippen molar-refractivity contribution in [3.8, 4) is 11.4 Å². The molecule has 0 atom stereocenters. The number of urea groups is 1. The number of ether oxygens (including phenoxy) is 2. The summed E-state index contributed by atoms with van der Waals surface area (Å²) in [4.78, 5) is 27.6. The van der Waals surface area contributed by atoms with Gasteiger partial charge < -0.3 is 25.0 Å². The van der Waals surface area contributed by atoms with Crippen molar-refractivity contribution in [3.05, 3.63) is 65.9 Å². The maximum atomic E-state index is 13.2. The summed E-state index contributed by atoms with van der Waals surface area (Å²) < 4.78 is 12.4. The van der Waals surface area contributed by atoms with Crippen molar-refractivity contribution < 1.29 is 19.1 Å². The van der Waals surface area contributed by atoms with Gasteiger partial charge in [0.25, 0.3) is 0 Å². The first-order chi connectivity index (χ1) is 17.6. The molecule has 198 valence electrons. The Bertz CT molecular complexity index is 1200. The summed E-state index contributed by atoms with van der Waals surface area (Å²) in [6.45, 7) is 11.1. The molecule has 3 aromatic rings. The molecule has 0 bridgehead atoms. The van der Waals surface area contributed by atoms with Gasteiger partial charge in [0.1, 0.15) is 18.1 Å². The topological polar surface area (TPSA) is 97.7 Å². The van der Waals surface area contributed by atoms with Crippen LogP contribution < -0.4 is 15.4 Å². The molecule has 0 unspecified atom stereocenters. The molecule has 0 aliphatic carbocycles. The smallest absolute Gasteiger partial charge is 0.322 e. The molecule has 2 aromatic carbocycles. The van der Waals surface area contributed by atoms with Crippen LogP contribution in [0.15, 0.2) is 54.6 Å². The van der Waals surface area contributed by atoms with Crippen LogP contribution in [-0.4, -0.2) is 60.0 Å². The maximum absolute atomic E-state index is 13.2. The average molecular weight is 508 g/mol. The van der Waals surface area contributed by atoms with Gasteiger partial charge in [0, 0.05) is 30.8 Å². The molecule has 37 heavy (non-hydrogen) atoms. The van der Waals surface area contributed by atoms with Crippen molar-refractivity contribution in [3.63, 3.8) is 0 Å². The molecule has 0 fully saturated rings. The van der Waals surface area contributed by atoms with Crippen molar-refractivity contribution in [1.29, 1.82) is 0 Å².